The second-order valence-corrected chi connectivity index (χ2v) is 7.77. The summed E-state index contributed by atoms with van der Waals surface area (Å²) < 4.78 is 10.4. The van der Waals surface area contributed by atoms with Crippen molar-refractivity contribution < 1.29 is 19.3 Å². The second-order valence-electron chi connectivity index (χ2n) is 6.97. The number of hydrogen-bond acceptors (Lipinski definition) is 6. The lowest BCUT2D eigenvalue weighted by Crippen LogP contribution is -2.41. The molecule has 0 aromatic heterocycles. The normalized spacial score (nSPS) is 13.7. The fourth-order valence-corrected chi connectivity index (χ4v) is 3.15. The zero-order valence-electron chi connectivity index (χ0n) is 16.3. The first-order valence-electron chi connectivity index (χ1n) is 10.1. The average Bonchev–Trinajstić information content (AvgIpc) is 2.65. The third kappa shape index (κ3) is 14.5. The van der Waals surface area contributed by atoms with Crippen LogP contribution in [0.15, 0.2) is 0 Å². The molecule has 7 heteroatoms. The Bertz CT molecular complexity index is 394. The zero-order chi connectivity index (χ0) is 19.6. The smallest absolute Gasteiger partial charge is 0.187 e. The maximum absolute atomic E-state index is 12.2. The van der Waals surface area contributed by atoms with Crippen LogP contribution in [0.25, 0.3) is 0 Å². The minimum atomic E-state index is -0.967. The van der Waals surface area contributed by atoms with Crippen LogP contribution >= 0.6 is 8.46 Å². The summed E-state index contributed by atoms with van der Waals surface area (Å²) in [5.74, 6) is 4.64. The van der Waals surface area contributed by atoms with Gasteiger partial charge in [0.25, 0.3) is 0 Å². The van der Waals surface area contributed by atoms with Crippen molar-refractivity contribution >= 4 is 20.0 Å². The number of hydrazine groups is 1. The number of aliphatic hydroxyl groups is 1. The number of hydrogen-bond donors (Lipinski definition) is 3. The molecule has 0 fully saturated rings. The molecule has 0 aliphatic carbocycles. The highest BCUT2D eigenvalue weighted by Gasteiger charge is 2.16. The fraction of sp³-hybridized carbons (Fsp3) is 0.895. The third-order valence-corrected chi connectivity index (χ3v) is 5.12. The summed E-state index contributed by atoms with van der Waals surface area (Å²) >= 11 is 0. The maximum Gasteiger partial charge on any atom is 0.187 e. The summed E-state index contributed by atoms with van der Waals surface area (Å²) in [5, 5.41) is 9.16. The lowest BCUT2D eigenvalue weighted by molar-refractivity contribution is -0.122. The number of nitrogens with one attached hydrogen (secondary N) is 1. The molecule has 0 radical (unpaired) electrons. The molecule has 0 aliphatic heterocycles. The van der Waals surface area contributed by atoms with Crippen LogP contribution in [0.5, 0.6) is 0 Å². The summed E-state index contributed by atoms with van der Waals surface area (Å²) in [6.45, 7) is 2.21. The SMILES string of the molecule is CCCCCCCCCCC(=O)C(CCCC(=O)CCC(O)P=O)NN. The minimum absolute atomic E-state index is 0.0130. The lowest BCUT2D eigenvalue weighted by Gasteiger charge is -2.14. The number of rotatable bonds is 19. The number of aliphatic hydroxyl groups excluding tert-OH is 1. The van der Waals surface area contributed by atoms with Gasteiger partial charge in [-0.25, -0.2) is 5.43 Å². The van der Waals surface area contributed by atoms with E-state index in [1.165, 1.54) is 38.5 Å². The van der Waals surface area contributed by atoms with Crippen molar-refractivity contribution in [3.63, 3.8) is 0 Å². The van der Waals surface area contributed by atoms with E-state index in [1.54, 1.807) is 0 Å². The molecule has 0 aliphatic rings. The van der Waals surface area contributed by atoms with E-state index in [4.69, 9.17) is 10.9 Å². The first-order chi connectivity index (χ1) is 12.5. The van der Waals surface area contributed by atoms with E-state index < -0.39 is 11.9 Å². The molecule has 0 saturated heterocycles. The van der Waals surface area contributed by atoms with Crippen LogP contribution in [0.3, 0.4) is 0 Å². The van der Waals surface area contributed by atoms with Crippen molar-refractivity contribution in [3.05, 3.63) is 0 Å². The number of unbranched alkanes of at least 4 members (excludes halogenated alkanes) is 7. The standard InChI is InChI=1S/C19H37N2O4P/c1-2-3-4-5-6-7-8-9-13-18(23)17(21-20)12-10-11-16(22)14-15-19(24)26-25/h17,19,21,24H,2-15,20H2,1H3. The molecule has 2 unspecified atom stereocenters. The average molecular weight is 388 g/mol. The van der Waals surface area contributed by atoms with Gasteiger partial charge >= 0.3 is 0 Å². The summed E-state index contributed by atoms with van der Waals surface area (Å²) in [6, 6.07) is -0.391. The monoisotopic (exact) mass is 388 g/mol. The van der Waals surface area contributed by atoms with Gasteiger partial charge in [0.1, 0.15) is 11.6 Å². The molecule has 0 heterocycles. The van der Waals surface area contributed by atoms with E-state index in [0.29, 0.717) is 25.7 Å². The predicted molar refractivity (Wildman–Crippen MR) is 105 cm³/mol. The van der Waals surface area contributed by atoms with Crippen LogP contribution < -0.4 is 11.3 Å². The highest BCUT2D eigenvalue weighted by molar-refractivity contribution is 7.24. The zero-order valence-corrected chi connectivity index (χ0v) is 17.1. The topological polar surface area (TPSA) is 109 Å². The van der Waals surface area contributed by atoms with Crippen molar-refractivity contribution in [2.75, 3.05) is 0 Å². The Hall–Kier alpha value is -0.680. The molecule has 0 aromatic rings. The fourth-order valence-electron chi connectivity index (χ4n) is 2.92. The van der Waals surface area contributed by atoms with E-state index >= 15 is 0 Å². The van der Waals surface area contributed by atoms with Crippen molar-refractivity contribution in [2.45, 2.75) is 109 Å². The van der Waals surface area contributed by atoms with Crippen molar-refractivity contribution in [1.82, 2.24) is 5.43 Å². The molecule has 26 heavy (non-hydrogen) atoms. The summed E-state index contributed by atoms with van der Waals surface area (Å²) in [4.78, 5) is 23.9. The van der Waals surface area contributed by atoms with Crippen LogP contribution in [0.1, 0.15) is 96.8 Å². The molecule has 6 nitrogen and oxygen atoms in total. The molecule has 4 N–H and O–H groups in total. The Kier molecular flexibility index (Phi) is 17.3. The van der Waals surface area contributed by atoms with Crippen molar-refractivity contribution in [3.8, 4) is 0 Å². The van der Waals surface area contributed by atoms with Gasteiger partial charge in [0.2, 0.25) is 0 Å². The van der Waals surface area contributed by atoms with Gasteiger partial charge in [-0.2, -0.15) is 0 Å². The molecule has 0 rings (SSSR count). The predicted octanol–water partition coefficient (Wildman–Crippen LogP) is 4.05. The Labute approximate surface area is 159 Å². The minimum Gasteiger partial charge on any atom is -0.381 e. The molecular formula is C19H37N2O4P. The third-order valence-electron chi connectivity index (χ3n) is 4.62. The molecule has 0 aromatic carbocycles. The van der Waals surface area contributed by atoms with Gasteiger partial charge in [0, 0.05) is 19.3 Å². The van der Waals surface area contributed by atoms with Gasteiger partial charge in [0.15, 0.2) is 14.2 Å². The number of carbonyl (C=O) groups excluding carboxylic acids is 2. The van der Waals surface area contributed by atoms with Crippen molar-refractivity contribution in [2.24, 2.45) is 5.84 Å². The molecule has 0 amide bonds. The highest BCUT2D eigenvalue weighted by atomic mass is 31.1. The van der Waals surface area contributed by atoms with Crippen LogP contribution in [0, 0.1) is 0 Å². The van der Waals surface area contributed by atoms with E-state index in [2.05, 4.69) is 12.3 Å². The molecule has 152 valence electrons. The molecule has 0 spiro atoms. The van der Waals surface area contributed by atoms with Crippen LogP contribution in [0.4, 0.5) is 0 Å². The summed E-state index contributed by atoms with van der Waals surface area (Å²) in [6.07, 6.45) is 12.0. The van der Waals surface area contributed by atoms with Crippen molar-refractivity contribution in [1.29, 1.82) is 0 Å². The molecule has 0 bridgehead atoms. The van der Waals surface area contributed by atoms with Gasteiger partial charge in [-0.15, -0.1) is 0 Å². The van der Waals surface area contributed by atoms with Gasteiger partial charge in [-0.3, -0.25) is 20.0 Å². The quantitative estimate of drug-likeness (QED) is 0.133. The van der Waals surface area contributed by atoms with E-state index in [0.717, 1.165) is 12.8 Å². The highest BCUT2D eigenvalue weighted by Crippen LogP contribution is 2.14. The lowest BCUT2D eigenvalue weighted by atomic mass is 9.99. The maximum atomic E-state index is 12.2. The Morgan fingerprint density at radius 2 is 1.54 bits per heavy atom. The first kappa shape index (κ1) is 25.3. The number of ketones is 2. The van der Waals surface area contributed by atoms with Gasteiger partial charge in [0.05, 0.1) is 6.04 Å². The van der Waals surface area contributed by atoms with Crippen LogP contribution in [-0.2, 0) is 14.2 Å². The van der Waals surface area contributed by atoms with Gasteiger partial charge in [-0.1, -0.05) is 51.9 Å². The summed E-state index contributed by atoms with van der Waals surface area (Å²) in [5.41, 5.74) is 2.57. The van der Waals surface area contributed by atoms with Crippen LogP contribution in [-0.4, -0.2) is 28.6 Å². The van der Waals surface area contributed by atoms with E-state index in [9.17, 15) is 14.2 Å². The molecular weight excluding hydrogens is 351 g/mol. The van der Waals surface area contributed by atoms with Crippen LogP contribution in [0.2, 0.25) is 0 Å². The number of Topliss-reactive ketones (excluding diaryl/α,β-unsaturated/α-hetero) is 2. The Morgan fingerprint density at radius 1 is 0.923 bits per heavy atom. The largest absolute Gasteiger partial charge is 0.381 e. The Balaban J connectivity index is 3.76. The molecule has 0 saturated carbocycles. The molecule has 2 atom stereocenters. The number of nitrogens with two attached hydrogens (primary N) is 1. The second kappa shape index (κ2) is 17.7. The van der Waals surface area contributed by atoms with E-state index in [1.807, 2.05) is 0 Å². The van der Waals surface area contributed by atoms with E-state index in [-0.39, 0.29) is 32.9 Å². The van der Waals surface area contributed by atoms with Gasteiger partial charge < -0.3 is 5.11 Å². The number of carbonyl (C=O) groups is 2. The summed E-state index contributed by atoms with van der Waals surface area (Å²) in [7, 11) is -0.346. The van der Waals surface area contributed by atoms with Gasteiger partial charge in [-0.05, 0) is 25.7 Å². The first-order valence-corrected chi connectivity index (χ1v) is 10.9. The Morgan fingerprint density at radius 3 is 2.12 bits per heavy atom.